The fraction of sp³-hybridized carbons (Fsp3) is 0.875. The third kappa shape index (κ3) is 2.13. The monoisotopic (exact) mass is 207 g/mol. The largest absolute Gasteiger partial charge is 0.479 e. The average molecular weight is 208 g/mol. The van der Waals surface area contributed by atoms with Crippen molar-refractivity contribution < 1.29 is 14.6 Å². The third-order valence-corrected chi connectivity index (χ3v) is 2.69. The second-order valence-electron chi connectivity index (χ2n) is 3.50. The van der Waals surface area contributed by atoms with E-state index in [-0.39, 0.29) is 18.5 Å². The van der Waals surface area contributed by atoms with E-state index in [2.05, 4.69) is 5.32 Å². The van der Waals surface area contributed by atoms with Crippen molar-refractivity contribution in [3.8, 4) is 0 Å². The van der Waals surface area contributed by atoms with Crippen LogP contribution in [-0.4, -0.2) is 36.4 Å². The molecule has 2 rings (SSSR count). The number of nitrogens with one attached hydrogen (secondary N) is 1. The second kappa shape index (κ2) is 4.26. The summed E-state index contributed by atoms with van der Waals surface area (Å²) < 4.78 is 5.41. The number of hydrogen-bond acceptors (Lipinski definition) is 3. The van der Waals surface area contributed by atoms with Crippen molar-refractivity contribution in [2.45, 2.75) is 25.0 Å². The summed E-state index contributed by atoms with van der Waals surface area (Å²) in [6.07, 6.45) is 1.22. The van der Waals surface area contributed by atoms with E-state index in [0.29, 0.717) is 12.3 Å². The van der Waals surface area contributed by atoms with Crippen LogP contribution in [0.1, 0.15) is 12.8 Å². The molecule has 4 nitrogen and oxygen atoms in total. The molecule has 2 heterocycles. The van der Waals surface area contributed by atoms with E-state index in [0.717, 1.165) is 19.5 Å². The standard InChI is InChI=1S/C8H13NO3.ClH/c10-8(11)6-2-1-5-3-9-4-7(5)12-6;/h5-7,9H,1-4H2,(H,10,11);1H/t5-,6-,7-;/m0./s1. The van der Waals surface area contributed by atoms with E-state index in [4.69, 9.17) is 9.84 Å². The van der Waals surface area contributed by atoms with Gasteiger partial charge < -0.3 is 15.2 Å². The highest BCUT2D eigenvalue weighted by molar-refractivity contribution is 5.85. The van der Waals surface area contributed by atoms with E-state index in [1.807, 2.05) is 0 Å². The first kappa shape index (κ1) is 10.8. The topological polar surface area (TPSA) is 58.6 Å². The minimum Gasteiger partial charge on any atom is -0.479 e. The summed E-state index contributed by atoms with van der Waals surface area (Å²) in [5.41, 5.74) is 0. The quantitative estimate of drug-likeness (QED) is 0.648. The van der Waals surface area contributed by atoms with Gasteiger partial charge in [0.15, 0.2) is 6.10 Å². The predicted molar refractivity (Wildman–Crippen MR) is 49.1 cm³/mol. The lowest BCUT2D eigenvalue weighted by atomic mass is 9.94. The molecule has 0 saturated carbocycles. The average Bonchev–Trinajstić information content (AvgIpc) is 2.49. The van der Waals surface area contributed by atoms with Crippen molar-refractivity contribution in [2.75, 3.05) is 13.1 Å². The number of carboxylic acids is 1. The second-order valence-corrected chi connectivity index (χ2v) is 3.50. The molecule has 0 aromatic heterocycles. The molecule has 3 atom stereocenters. The zero-order valence-electron chi connectivity index (χ0n) is 7.23. The molecule has 2 aliphatic rings. The van der Waals surface area contributed by atoms with Gasteiger partial charge in [-0.3, -0.25) is 0 Å². The highest BCUT2D eigenvalue weighted by atomic mass is 35.5. The fourth-order valence-electron chi connectivity index (χ4n) is 1.98. The first-order valence-electron chi connectivity index (χ1n) is 4.36. The Bertz CT molecular complexity index is 200. The Morgan fingerprint density at radius 3 is 2.85 bits per heavy atom. The fourth-order valence-corrected chi connectivity index (χ4v) is 1.98. The lowest BCUT2D eigenvalue weighted by Gasteiger charge is -2.29. The molecule has 0 unspecified atom stereocenters. The number of halogens is 1. The van der Waals surface area contributed by atoms with Crippen LogP contribution in [0.15, 0.2) is 0 Å². The molecule has 2 saturated heterocycles. The summed E-state index contributed by atoms with van der Waals surface area (Å²) in [6.45, 7) is 1.80. The minimum atomic E-state index is -0.819. The van der Waals surface area contributed by atoms with E-state index >= 15 is 0 Å². The molecule has 0 aromatic rings. The molecular formula is C8H14ClNO3. The molecule has 0 amide bonds. The summed E-state index contributed by atoms with van der Waals surface area (Å²) in [6, 6.07) is 0. The Hall–Kier alpha value is -0.320. The van der Waals surface area contributed by atoms with Crippen LogP contribution in [0.25, 0.3) is 0 Å². The lowest BCUT2D eigenvalue weighted by molar-refractivity contribution is -0.160. The molecule has 2 aliphatic heterocycles. The molecular weight excluding hydrogens is 194 g/mol. The van der Waals surface area contributed by atoms with Gasteiger partial charge in [0.2, 0.25) is 0 Å². The Morgan fingerprint density at radius 2 is 2.15 bits per heavy atom. The van der Waals surface area contributed by atoms with Crippen LogP contribution in [0.3, 0.4) is 0 Å². The van der Waals surface area contributed by atoms with Crippen molar-refractivity contribution in [3.05, 3.63) is 0 Å². The highest BCUT2D eigenvalue weighted by Gasteiger charge is 2.37. The van der Waals surface area contributed by atoms with Gasteiger partial charge in [0.1, 0.15) is 0 Å². The number of ether oxygens (including phenoxy) is 1. The molecule has 2 N–H and O–H groups in total. The van der Waals surface area contributed by atoms with Gasteiger partial charge in [0, 0.05) is 13.1 Å². The van der Waals surface area contributed by atoms with Gasteiger partial charge in [-0.2, -0.15) is 0 Å². The van der Waals surface area contributed by atoms with Crippen molar-refractivity contribution in [3.63, 3.8) is 0 Å². The predicted octanol–water partition coefficient (Wildman–Crippen LogP) is 0.260. The number of fused-ring (bicyclic) bond motifs is 1. The number of carbonyl (C=O) groups is 1. The van der Waals surface area contributed by atoms with E-state index in [1.165, 1.54) is 0 Å². The maximum Gasteiger partial charge on any atom is 0.332 e. The van der Waals surface area contributed by atoms with Crippen LogP contribution in [-0.2, 0) is 9.53 Å². The van der Waals surface area contributed by atoms with Crippen molar-refractivity contribution in [1.29, 1.82) is 0 Å². The van der Waals surface area contributed by atoms with Crippen LogP contribution >= 0.6 is 12.4 Å². The summed E-state index contributed by atoms with van der Waals surface area (Å²) in [5, 5.41) is 11.9. The normalized spacial score (nSPS) is 37.7. The van der Waals surface area contributed by atoms with Crippen molar-refractivity contribution in [1.82, 2.24) is 5.32 Å². The number of rotatable bonds is 1. The zero-order valence-corrected chi connectivity index (χ0v) is 8.05. The van der Waals surface area contributed by atoms with Gasteiger partial charge in [-0.25, -0.2) is 4.79 Å². The molecule has 0 aliphatic carbocycles. The van der Waals surface area contributed by atoms with Gasteiger partial charge in [0.05, 0.1) is 6.10 Å². The lowest BCUT2D eigenvalue weighted by Crippen LogP contribution is -2.38. The Labute approximate surface area is 83.1 Å². The molecule has 2 fully saturated rings. The van der Waals surface area contributed by atoms with Gasteiger partial charge in [-0.05, 0) is 18.8 Å². The van der Waals surface area contributed by atoms with Crippen LogP contribution in [0, 0.1) is 5.92 Å². The zero-order chi connectivity index (χ0) is 8.55. The molecule has 13 heavy (non-hydrogen) atoms. The Morgan fingerprint density at radius 1 is 1.38 bits per heavy atom. The SMILES string of the molecule is Cl.O=C(O)[C@@H]1CC[C@H]2CNC[C@@H]2O1. The van der Waals surface area contributed by atoms with Gasteiger partial charge in [-0.1, -0.05) is 0 Å². The summed E-state index contributed by atoms with van der Waals surface area (Å²) in [7, 11) is 0. The summed E-state index contributed by atoms with van der Waals surface area (Å²) >= 11 is 0. The molecule has 0 radical (unpaired) electrons. The van der Waals surface area contributed by atoms with E-state index < -0.39 is 12.1 Å². The van der Waals surface area contributed by atoms with Gasteiger partial charge >= 0.3 is 5.97 Å². The van der Waals surface area contributed by atoms with Crippen molar-refractivity contribution >= 4 is 18.4 Å². The third-order valence-electron chi connectivity index (χ3n) is 2.69. The molecule has 5 heteroatoms. The van der Waals surface area contributed by atoms with Gasteiger partial charge in [0.25, 0.3) is 0 Å². The maximum absolute atomic E-state index is 10.6. The molecule has 0 bridgehead atoms. The summed E-state index contributed by atoms with van der Waals surface area (Å²) in [4.78, 5) is 10.6. The van der Waals surface area contributed by atoms with Gasteiger partial charge in [-0.15, -0.1) is 12.4 Å². The number of hydrogen-bond donors (Lipinski definition) is 2. The first-order chi connectivity index (χ1) is 5.77. The molecule has 0 aromatic carbocycles. The van der Waals surface area contributed by atoms with Crippen LogP contribution in [0.4, 0.5) is 0 Å². The van der Waals surface area contributed by atoms with Crippen LogP contribution in [0.5, 0.6) is 0 Å². The molecule has 0 spiro atoms. The smallest absolute Gasteiger partial charge is 0.332 e. The minimum absolute atomic E-state index is 0. The highest BCUT2D eigenvalue weighted by Crippen LogP contribution is 2.27. The molecule has 76 valence electrons. The first-order valence-corrected chi connectivity index (χ1v) is 4.36. The number of carboxylic acid groups (broad SMARTS) is 1. The van der Waals surface area contributed by atoms with E-state index in [9.17, 15) is 4.79 Å². The van der Waals surface area contributed by atoms with E-state index in [1.54, 1.807) is 0 Å². The Kier molecular flexibility index (Phi) is 3.53. The van der Waals surface area contributed by atoms with Crippen LogP contribution in [0.2, 0.25) is 0 Å². The summed E-state index contributed by atoms with van der Waals surface area (Å²) in [5.74, 6) is -0.277. The number of aliphatic carboxylic acids is 1. The Balaban J connectivity index is 0.000000845. The van der Waals surface area contributed by atoms with Crippen molar-refractivity contribution in [2.24, 2.45) is 5.92 Å². The van der Waals surface area contributed by atoms with Crippen LogP contribution < -0.4 is 5.32 Å². The maximum atomic E-state index is 10.6.